The summed E-state index contributed by atoms with van der Waals surface area (Å²) in [6, 6.07) is 4.51. The number of rotatable bonds is 42. The van der Waals surface area contributed by atoms with E-state index in [4.69, 9.17) is 40.1 Å². The van der Waals surface area contributed by atoms with Gasteiger partial charge >= 0.3 is 0 Å². The minimum Gasteiger partial charge on any atom is -0.370 e. The number of primary amides is 3. The smallest absolute Gasteiger partial charge is 0.245 e. The number of carbonyl (C=O) groups excluding carboxylic acids is 13. The van der Waals surface area contributed by atoms with Gasteiger partial charge in [-0.2, -0.15) is 11.8 Å². The van der Waals surface area contributed by atoms with E-state index in [0.717, 1.165) is 0 Å². The summed E-state index contributed by atoms with van der Waals surface area (Å²) in [5.41, 5.74) is 40.6. The zero-order chi connectivity index (χ0) is 70.1. The van der Waals surface area contributed by atoms with E-state index in [9.17, 15) is 62.3 Å². The van der Waals surface area contributed by atoms with Crippen molar-refractivity contribution in [3.05, 3.63) is 71.8 Å². The van der Waals surface area contributed by atoms with Crippen LogP contribution >= 0.6 is 11.8 Å². The van der Waals surface area contributed by atoms with Crippen molar-refractivity contribution in [1.29, 1.82) is 0 Å². The van der Waals surface area contributed by atoms with Crippen LogP contribution in [-0.4, -0.2) is 198 Å². The molecule has 4 rings (SSSR count). The van der Waals surface area contributed by atoms with Gasteiger partial charge in [-0.3, -0.25) is 67.3 Å². The van der Waals surface area contributed by atoms with E-state index in [-0.39, 0.29) is 83.0 Å². The highest BCUT2D eigenvalue weighted by Crippen LogP contribution is 2.24. The van der Waals surface area contributed by atoms with Gasteiger partial charge in [-0.15, -0.1) is 0 Å². The average molecular weight is 1350 g/mol. The summed E-state index contributed by atoms with van der Waals surface area (Å²) in [5, 5.41) is 21.1. The van der Waals surface area contributed by atoms with Crippen LogP contribution in [0.1, 0.15) is 121 Å². The van der Waals surface area contributed by atoms with Crippen molar-refractivity contribution < 1.29 is 62.3 Å². The van der Waals surface area contributed by atoms with E-state index in [1.54, 1.807) is 60.7 Å². The molecule has 2 aromatic carbocycles. The number of hydrogen-bond acceptors (Lipinski definition) is 17. The zero-order valence-electron chi connectivity index (χ0n) is 54.5. The fourth-order valence-corrected chi connectivity index (χ4v) is 11.5. The second-order valence-electron chi connectivity index (χ2n) is 24.1. The van der Waals surface area contributed by atoms with Crippen LogP contribution in [0, 0.1) is 5.92 Å². The number of likely N-dealkylation sites (tertiary alicyclic amines) is 2. The molecular weight excluding hydrogens is 1250 g/mol. The van der Waals surface area contributed by atoms with Gasteiger partial charge in [0.2, 0.25) is 76.8 Å². The van der Waals surface area contributed by atoms with Gasteiger partial charge in [0.15, 0.2) is 5.96 Å². The first-order chi connectivity index (χ1) is 45.2. The van der Waals surface area contributed by atoms with Crippen LogP contribution in [0.2, 0.25) is 0 Å². The van der Waals surface area contributed by atoms with Crippen LogP contribution in [0.25, 0.3) is 0 Å². The third kappa shape index (κ3) is 27.5. The van der Waals surface area contributed by atoms with Crippen molar-refractivity contribution >= 4 is 94.5 Å². The summed E-state index contributed by atoms with van der Waals surface area (Å²) in [4.78, 5) is 185. The van der Waals surface area contributed by atoms with Gasteiger partial charge in [0, 0.05) is 45.3 Å². The molecule has 524 valence electrons. The number of unbranched alkanes of at least 4 members (excludes halogenated alkanes) is 1. The van der Waals surface area contributed by atoms with Gasteiger partial charge in [-0.25, -0.2) is 0 Å². The number of nitrogens with one attached hydrogen (secondary N) is 8. The standard InChI is InChI=1S/C63H98N18O13S/c1-37(2)33-45(57(89)74-41(53(68)85)27-32-95-3)73-52(84)36-72-54(86)46(34-38-15-6-4-7-16-38)78-58(90)47(35-39-17-8-5-9-18-39)79-56(88)42(23-25-50(66)82)75-55(87)43(24-26-51(67)83)76-59(91)49-22-14-31-81(49)62(94)44(20-10-11-28-64)77-60(92)48-21-13-30-80(48)61(93)40(65)19-12-29-71-63(69)70/h4-9,15-18,37,40-49H,10-14,19-36,64-65H2,1-3H3,(H2,66,82)(H2,67,83)(H2,68,85)(H,72,86)(H,73,84)(H,74,89)(H,75,87)(H,76,91)(H,77,92)(H,78,90)(H,79,88)(H4,69,70,71)/t40-,41-,42+,43-,44-,45-,46+,47+,48-,49+/m0/s1. The first kappa shape index (κ1) is 78.5. The third-order valence-electron chi connectivity index (χ3n) is 16.0. The van der Waals surface area contributed by atoms with Gasteiger partial charge in [-0.1, -0.05) is 74.5 Å². The number of guanidine groups is 1. The average Bonchev–Trinajstić information content (AvgIpc) is 1.74. The van der Waals surface area contributed by atoms with Crippen LogP contribution in [0.5, 0.6) is 0 Å². The molecule has 13 amide bonds. The summed E-state index contributed by atoms with van der Waals surface area (Å²) in [6.45, 7) is 3.86. The highest BCUT2D eigenvalue weighted by Gasteiger charge is 2.42. The third-order valence-corrected chi connectivity index (χ3v) is 16.7. The largest absolute Gasteiger partial charge is 0.370 e. The molecule has 0 saturated carbocycles. The molecule has 95 heavy (non-hydrogen) atoms. The van der Waals surface area contributed by atoms with Crippen LogP contribution in [-0.2, 0) is 75.2 Å². The number of aliphatic imine (C=N–C) groups is 1. The minimum atomic E-state index is -1.64. The Morgan fingerprint density at radius 1 is 0.537 bits per heavy atom. The van der Waals surface area contributed by atoms with Crippen LogP contribution in [0.15, 0.2) is 65.7 Å². The quantitative estimate of drug-likeness (QED) is 0.0173. The molecule has 0 aliphatic carbocycles. The maximum atomic E-state index is 14.7. The number of hydrogen-bond donors (Lipinski definition) is 15. The summed E-state index contributed by atoms with van der Waals surface area (Å²) >= 11 is 1.45. The molecule has 10 atom stereocenters. The lowest BCUT2D eigenvalue weighted by atomic mass is 10.0. The Morgan fingerprint density at radius 3 is 1.51 bits per heavy atom. The Hall–Kier alpha value is -8.91. The second kappa shape index (κ2) is 41.0. The van der Waals surface area contributed by atoms with Gasteiger partial charge in [0.1, 0.15) is 54.4 Å². The number of amides is 13. The number of benzene rings is 2. The van der Waals surface area contributed by atoms with E-state index < -0.39 is 169 Å². The van der Waals surface area contributed by atoms with E-state index in [1.807, 2.05) is 20.1 Å². The molecule has 2 saturated heterocycles. The molecule has 0 aromatic heterocycles. The lowest BCUT2D eigenvalue weighted by Gasteiger charge is -2.32. The SMILES string of the molecule is CSCC[C@H](NC(=O)[C@H](CC(C)C)NC(=O)CNC(=O)[C@@H](Cc1ccccc1)NC(=O)[C@@H](Cc1ccccc1)NC(=O)[C@@H](CCC(N)=O)NC(=O)[C@H](CCC(N)=O)NC(=O)[C@H]1CCCN1C(=O)[C@H](CCCCN)NC(=O)[C@@H]1CCCN1C(=O)[C@@H](N)CCCN=C(N)N)C(N)=O. The van der Waals surface area contributed by atoms with Crippen molar-refractivity contribution in [1.82, 2.24) is 52.3 Å². The molecule has 2 aliphatic heterocycles. The Bertz CT molecular complexity index is 2960. The van der Waals surface area contributed by atoms with E-state index in [2.05, 4.69) is 47.5 Å². The molecule has 0 spiro atoms. The fraction of sp³-hybridized carbons (Fsp3) is 0.587. The van der Waals surface area contributed by atoms with Crippen LogP contribution in [0.3, 0.4) is 0 Å². The number of nitrogens with two attached hydrogens (primary N) is 7. The Balaban J connectivity index is 1.56. The molecule has 2 fully saturated rings. The Morgan fingerprint density at radius 2 is 1.01 bits per heavy atom. The van der Waals surface area contributed by atoms with Crippen LogP contribution in [0.4, 0.5) is 0 Å². The van der Waals surface area contributed by atoms with Crippen molar-refractivity contribution in [2.24, 2.45) is 51.0 Å². The minimum absolute atomic E-state index is 0.0736. The predicted molar refractivity (Wildman–Crippen MR) is 356 cm³/mol. The molecular formula is C63H98N18O13S. The van der Waals surface area contributed by atoms with Crippen molar-refractivity contribution in [2.45, 2.75) is 183 Å². The summed E-state index contributed by atoms with van der Waals surface area (Å²) in [6.07, 6.45) is 3.12. The number of thioether (sulfide) groups is 1. The Labute approximate surface area is 558 Å². The molecule has 0 radical (unpaired) electrons. The fourth-order valence-electron chi connectivity index (χ4n) is 11.0. The van der Waals surface area contributed by atoms with Gasteiger partial charge in [0.05, 0.1) is 12.6 Å². The highest BCUT2D eigenvalue weighted by atomic mass is 32.2. The molecule has 22 N–H and O–H groups in total. The molecule has 32 heteroatoms. The summed E-state index contributed by atoms with van der Waals surface area (Å²) in [5.74, 6) is -9.80. The van der Waals surface area contributed by atoms with Crippen molar-refractivity contribution in [2.75, 3.05) is 44.7 Å². The lowest BCUT2D eigenvalue weighted by molar-refractivity contribution is -0.144. The summed E-state index contributed by atoms with van der Waals surface area (Å²) < 4.78 is 0. The topological polar surface area (TPSA) is 519 Å². The normalized spacial score (nSPS) is 16.8. The van der Waals surface area contributed by atoms with Crippen molar-refractivity contribution in [3.63, 3.8) is 0 Å². The monoisotopic (exact) mass is 1350 g/mol. The highest BCUT2D eigenvalue weighted by molar-refractivity contribution is 7.98. The van der Waals surface area contributed by atoms with E-state index in [0.29, 0.717) is 55.4 Å². The molecule has 0 unspecified atom stereocenters. The maximum absolute atomic E-state index is 14.7. The first-order valence-electron chi connectivity index (χ1n) is 32.2. The van der Waals surface area contributed by atoms with Gasteiger partial charge < -0.3 is 92.5 Å². The van der Waals surface area contributed by atoms with E-state index in [1.165, 1.54) is 21.6 Å². The summed E-state index contributed by atoms with van der Waals surface area (Å²) in [7, 11) is 0. The lowest BCUT2D eigenvalue weighted by Crippen LogP contribution is -2.60. The first-order valence-corrected chi connectivity index (χ1v) is 33.6. The van der Waals surface area contributed by atoms with Gasteiger partial charge in [0.25, 0.3) is 0 Å². The predicted octanol–water partition coefficient (Wildman–Crippen LogP) is -3.71. The number of carbonyl (C=O) groups is 13. The van der Waals surface area contributed by atoms with Gasteiger partial charge in [-0.05, 0) is 119 Å². The molecule has 2 aromatic rings. The van der Waals surface area contributed by atoms with E-state index >= 15 is 0 Å². The second-order valence-corrected chi connectivity index (χ2v) is 25.1. The molecule has 0 bridgehead atoms. The Kier molecular flexibility index (Phi) is 33.9. The van der Waals surface area contributed by atoms with Crippen molar-refractivity contribution in [3.8, 4) is 0 Å². The molecule has 31 nitrogen and oxygen atoms in total. The maximum Gasteiger partial charge on any atom is 0.245 e. The molecule has 2 heterocycles. The molecule has 2 aliphatic rings. The zero-order valence-corrected chi connectivity index (χ0v) is 55.3. The number of nitrogens with zero attached hydrogens (tertiary/aromatic N) is 3. The van der Waals surface area contributed by atoms with Crippen LogP contribution < -0.4 is 82.7 Å².